The summed E-state index contributed by atoms with van der Waals surface area (Å²) in [5.41, 5.74) is -0.738. The highest BCUT2D eigenvalue weighted by molar-refractivity contribution is 5.81. The van der Waals surface area contributed by atoms with E-state index in [0.29, 0.717) is 19.5 Å². The Morgan fingerprint density at radius 2 is 1.87 bits per heavy atom. The average Bonchev–Trinajstić information content (AvgIpc) is 2.78. The van der Waals surface area contributed by atoms with Crippen molar-refractivity contribution in [3.63, 3.8) is 0 Å². The van der Waals surface area contributed by atoms with E-state index >= 15 is 0 Å². The van der Waals surface area contributed by atoms with E-state index in [2.05, 4.69) is 5.32 Å². The molecule has 1 heterocycles. The SMILES string of the molecule is CCCC(=O)N1CCCC(C(=O)NCC2(O)CCCCCC2)C1. The molecule has 0 spiro atoms. The predicted octanol–water partition coefficient (Wildman–Crippen LogP) is 2.23. The fourth-order valence-corrected chi connectivity index (χ4v) is 3.75. The number of carbonyl (C=O) groups excluding carboxylic acids is 2. The fraction of sp³-hybridized carbons (Fsp3) is 0.889. The lowest BCUT2D eigenvalue weighted by molar-refractivity contribution is -0.136. The molecule has 1 aliphatic heterocycles. The highest BCUT2D eigenvalue weighted by Gasteiger charge is 2.31. The van der Waals surface area contributed by atoms with Gasteiger partial charge < -0.3 is 15.3 Å². The van der Waals surface area contributed by atoms with E-state index in [1.54, 1.807) is 0 Å². The summed E-state index contributed by atoms with van der Waals surface area (Å²) in [6.07, 6.45) is 9.11. The van der Waals surface area contributed by atoms with E-state index in [0.717, 1.165) is 51.5 Å². The molecule has 2 N–H and O–H groups in total. The monoisotopic (exact) mass is 324 g/mol. The zero-order valence-electron chi connectivity index (χ0n) is 14.5. The summed E-state index contributed by atoms with van der Waals surface area (Å²) in [5, 5.41) is 13.6. The Balaban J connectivity index is 1.81. The van der Waals surface area contributed by atoms with E-state index in [1.807, 2.05) is 11.8 Å². The standard InChI is InChI=1S/C18H32N2O3/c1-2-8-16(21)20-12-7-9-15(13-20)17(22)19-14-18(23)10-5-3-4-6-11-18/h15,23H,2-14H2,1H3,(H,19,22). The first kappa shape index (κ1) is 18.2. The number of likely N-dealkylation sites (tertiary alicyclic amines) is 1. The lowest BCUT2D eigenvalue weighted by Gasteiger charge is -2.33. The van der Waals surface area contributed by atoms with Crippen LogP contribution in [-0.2, 0) is 9.59 Å². The maximum Gasteiger partial charge on any atom is 0.225 e. The Hall–Kier alpha value is -1.10. The topological polar surface area (TPSA) is 69.6 Å². The summed E-state index contributed by atoms with van der Waals surface area (Å²) in [7, 11) is 0. The van der Waals surface area contributed by atoms with Crippen molar-refractivity contribution in [2.24, 2.45) is 5.92 Å². The molecular formula is C18H32N2O3. The van der Waals surface area contributed by atoms with Gasteiger partial charge in [0, 0.05) is 26.1 Å². The van der Waals surface area contributed by atoms with Crippen molar-refractivity contribution in [2.75, 3.05) is 19.6 Å². The third kappa shape index (κ3) is 5.48. The number of hydrogen-bond acceptors (Lipinski definition) is 3. The van der Waals surface area contributed by atoms with E-state index in [1.165, 1.54) is 12.8 Å². The van der Waals surface area contributed by atoms with Gasteiger partial charge in [-0.15, -0.1) is 0 Å². The van der Waals surface area contributed by atoms with Crippen molar-refractivity contribution in [1.29, 1.82) is 0 Å². The summed E-state index contributed by atoms with van der Waals surface area (Å²) in [4.78, 5) is 26.3. The van der Waals surface area contributed by atoms with Gasteiger partial charge in [0.2, 0.25) is 11.8 Å². The maximum atomic E-state index is 12.4. The van der Waals surface area contributed by atoms with E-state index in [4.69, 9.17) is 0 Å². The summed E-state index contributed by atoms with van der Waals surface area (Å²) in [5.74, 6) is 0.0306. The van der Waals surface area contributed by atoms with Crippen LogP contribution in [0.2, 0.25) is 0 Å². The van der Waals surface area contributed by atoms with Gasteiger partial charge in [0.1, 0.15) is 0 Å². The molecule has 0 aromatic heterocycles. The van der Waals surface area contributed by atoms with Crippen LogP contribution in [0, 0.1) is 5.92 Å². The molecule has 1 aliphatic carbocycles. The molecule has 2 fully saturated rings. The minimum absolute atomic E-state index is 0.00308. The highest BCUT2D eigenvalue weighted by Crippen LogP contribution is 2.26. The Labute approximate surface area is 139 Å². The molecule has 0 bridgehead atoms. The number of nitrogens with one attached hydrogen (secondary N) is 1. The molecule has 1 atom stereocenters. The third-order valence-electron chi connectivity index (χ3n) is 5.23. The van der Waals surface area contributed by atoms with Gasteiger partial charge in [-0.2, -0.15) is 0 Å². The normalized spacial score (nSPS) is 24.8. The zero-order valence-corrected chi connectivity index (χ0v) is 14.5. The molecule has 2 aliphatic rings. The molecule has 5 nitrogen and oxygen atoms in total. The first-order valence-corrected chi connectivity index (χ1v) is 9.32. The quantitative estimate of drug-likeness (QED) is 0.762. The number of hydrogen-bond donors (Lipinski definition) is 2. The summed E-state index contributed by atoms with van der Waals surface area (Å²) in [6.45, 7) is 3.65. The number of aliphatic hydroxyl groups is 1. The second kappa shape index (κ2) is 8.67. The summed E-state index contributed by atoms with van der Waals surface area (Å²) >= 11 is 0. The van der Waals surface area contributed by atoms with Crippen LogP contribution in [0.15, 0.2) is 0 Å². The first-order chi connectivity index (χ1) is 11.0. The van der Waals surface area contributed by atoms with Crippen LogP contribution in [0.4, 0.5) is 0 Å². The smallest absolute Gasteiger partial charge is 0.225 e. The Bertz CT molecular complexity index is 403. The molecule has 23 heavy (non-hydrogen) atoms. The number of nitrogens with zero attached hydrogens (tertiary/aromatic N) is 1. The Morgan fingerprint density at radius 1 is 1.17 bits per heavy atom. The number of carbonyl (C=O) groups is 2. The largest absolute Gasteiger partial charge is 0.388 e. The van der Waals surface area contributed by atoms with Crippen LogP contribution >= 0.6 is 0 Å². The van der Waals surface area contributed by atoms with Gasteiger partial charge in [0.05, 0.1) is 11.5 Å². The maximum absolute atomic E-state index is 12.4. The van der Waals surface area contributed by atoms with Crippen molar-refractivity contribution in [2.45, 2.75) is 76.7 Å². The van der Waals surface area contributed by atoms with Crippen LogP contribution in [0.5, 0.6) is 0 Å². The average molecular weight is 324 g/mol. The van der Waals surface area contributed by atoms with Crippen molar-refractivity contribution in [1.82, 2.24) is 10.2 Å². The van der Waals surface area contributed by atoms with Crippen molar-refractivity contribution >= 4 is 11.8 Å². The molecular weight excluding hydrogens is 292 g/mol. The van der Waals surface area contributed by atoms with Crippen molar-refractivity contribution < 1.29 is 14.7 Å². The molecule has 0 radical (unpaired) electrons. The zero-order chi connectivity index (χ0) is 16.7. The highest BCUT2D eigenvalue weighted by atomic mass is 16.3. The van der Waals surface area contributed by atoms with Crippen molar-refractivity contribution in [3.8, 4) is 0 Å². The molecule has 5 heteroatoms. The predicted molar refractivity (Wildman–Crippen MR) is 89.9 cm³/mol. The lowest BCUT2D eigenvalue weighted by Crippen LogP contribution is -2.49. The Kier molecular flexibility index (Phi) is 6.88. The van der Waals surface area contributed by atoms with Gasteiger partial charge >= 0.3 is 0 Å². The molecule has 1 unspecified atom stereocenters. The molecule has 1 saturated heterocycles. The lowest BCUT2D eigenvalue weighted by atomic mass is 9.93. The van der Waals surface area contributed by atoms with Gasteiger partial charge in [0.15, 0.2) is 0 Å². The third-order valence-corrected chi connectivity index (χ3v) is 5.23. The van der Waals surface area contributed by atoms with Gasteiger partial charge in [-0.3, -0.25) is 9.59 Å². The van der Waals surface area contributed by atoms with Crippen LogP contribution in [0.3, 0.4) is 0 Å². The van der Waals surface area contributed by atoms with E-state index < -0.39 is 5.60 Å². The Morgan fingerprint density at radius 3 is 2.52 bits per heavy atom. The number of rotatable bonds is 5. The fourth-order valence-electron chi connectivity index (χ4n) is 3.75. The second-order valence-electron chi connectivity index (χ2n) is 7.29. The minimum Gasteiger partial charge on any atom is -0.388 e. The van der Waals surface area contributed by atoms with E-state index in [9.17, 15) is 14.7 Å². The van der Waals surface area contributed by atoms with Crippen LogP contribution < -0.4 is 5.32 Å². The van der Waals surface area contributed by atoms with Crippen LogP contribution in [0.1, 0.15) is 71.1 Å². The van der Waals surface area contributed by atoms with Gasteiger partial charge in [-0.05, 0) is 32.1 Å². The van der Waals surface area contributed by atoms with Gasteiger partial charge in [-0.1, -0.05) is 32.6 Å². The van der Waals surface area contributed by atoms with Crippen LogP contribution in [0.25, 0.3) is 0 Å². The molecule has 0 aromatic rings. The number of amides is 2. The second-order valence-corrected chi connectivity index (χ2v) is 7.29. The molecule has 132 valence electrons. The summed E-state index contributed by atoms with van der Waals surface area (Å²) < 4.78 is 0. The number of piperidine rings is 1. The van der Waals surface area contributed by atoms with E-state index in [-0.39, 0.29) is 17.7 Å². The summed E-state index contributed by atoms with van der Waals surface area (Å²) in [6, 6.07) is 0. The van der Waals surface area contributed by atoms with Gasteiger partial charge in [-0.25, -0.2) is 0 Å². The minimum atomic E-state index is -0.738. The molecule has 2 rings (SSSR count). The molecule has 0 aromatic carbocycles. The van der Waals surface area contributed by atoms with Crippen LogP contribution in [-0.4, -0.2) is 47.1 Å². The molecule has 2 amide bonds. The molecule has 1 saturated carbocycles. The van der Waals surface area contributed by atoms with Gasteiger partial charge in [0.25, 0.3) is 0 Å². The van der Waals surface area contributed by atoms with Crippen molar-refractivity contribution in [3.05, 3.63) is 0 Å². The first-order valence-electron chi connectivity index (χ1n) is 9.32.